The molecular weight excluding hydrogens is 294 g/mol. The van der Waals surface area contributed by atoms with Crippen molar-refractivity contribution in [3.63, 3.8) is 0 Å². The van der Waals surface area contributed by atoms with Crippen LogP contribution < -0.4 is 14.8 Å². The lowest BCUT2D eigenvalue weighted by Crippen LogP contribution is -2.17. The Kier molecular flexibility index (Phi) is 4.22. The molecule has 0 amide bonds. The number of anilines is 2. The minimum atomic E-state index is -3.85. The van der Waals surface area contributed by atoms with E-state index in [0.717, 1.165) is 0 Å². The maximum absolute atomic E-state index is 12.4. The summed E-state index contributed by atoms with van der Waals surface area (Å²) in [6.45, 7) is 1.71. The number of ether oxygens (including phenoxy) is 1. The molecule has 8 nitrogen and oxygen atoms in total. The zero-order chi connectivity index (χ0) is 15.5. The van der Waals surface area contributed by atoms with Crippen molar-refractivity contribution >= 4 is 21.8 Å². The lowest BCUT2D eigenvalue weighted by molar-refractivity contribution is 0.397. The lowest BCUT2D eigenvalue weighted by atomic mass is 10.4. The summed E-state index contributed by atoms with van der Waals surface area (Å²) in [5.41, 5.74) is 0.583. The van der Waals surface area contributed by atoms with Crippen LogP contribution >= 0.6 is 0 Å². The van der Waals surface area contributed by atoms with Crippen LogP contribution in [-0.4, -0.2) is 37.5 Å². The first kappa shape index (κ1) is 15.0. The zero-order valence-electron chi connectivity index (χ0n) is 11.8. The molecule has 0 aliphatic carbocycles. The van der Waals surface area contributed by atoms with Gasteiger partial charge in [0, 0.05) is 25.0 Å². The van der Waals surface area contributed by atoms with Gasteiger partial charge in [-0.3, -0.25) is 0 Å². The summed E-state index contributed by atoms with van der Waals surface area (Å²) < 4.78 is 32.1. The monoisotopic (exact) mass is 309 g/mol. The summed E-state index contributed by atoms with van der Waals surface area (Å²) in [4.78, 5) is 12.0. The molecule has 2 heterocycles. The fourth-order valence-electron chi connectivity index (χ4n) is 1.66. The molecule has 0 atom stereocenters. The summed E-state index contributed by atoms with van der Waals surface area (Å²) in [6, 6.07) is 4.57. The van der Waals surface area contributed by atoms with E-state index in [1.54, 1.807) is 20.0 Å². The first-order valence-electron chi connectivity index (χ1n) is 6.01. The van der Waals surface area contributed by atoms with Crippen molar-refractivity contribution in [1.29, 1.82) is 0 Å². The van der Waals surface area contributed by atoms with E-state index in [2.05, 4.69) is 25.0 Å². The molecule has 0 radical (unpaired) electrons. The van der Waals surface area contributed by atoms with Crippen molar-refractivity contribution in [3.05, 3.63) is 30.1 Å². The van der Waals surface area contributed by atoms with E-state index >= 15 is 0 Å². The Morgan fingerprint density at radius 2 is 2.05 bits per heavy atom. The molecule has 112 valence electrons. The average Bonchev–Trinajstić information content (AvgIpc) is 2.46. The van der Waals surface area contributed by atoms with E-state index in [-0.39, 0.29) is 22.5 Å². The standard InChI is InChI=1S/C12H15N5O3S/c1-8-7-10(20-3)16-12(15-8)17-21(18,19)9-5-4-6-14-11(9)13-2/h4-7H,1-3H3,(H,13,14)(H,15,16,17). The normalized spacial score (nSPS) is 11.0. The van der Waals surface area contributed by atoms with Gasteiger partial charge in [-0.1, -0.05) is 0 Å². The predicted octanol–water partition coefficient (Wildman–Crippen LogP) is 1.03. The quantitative estimate of drug-likeness (QED) is 0.849. The Balaban J connectivity index is 2.40. The second kappa shape index (κ2) is 5.92. The Hall–Kier alpha value is -2.42. The number of nitrogens with zero attached hydrogens (tertiary/aromatic N) is 3. The number of sulfonamides is 1. The molecule has 21 heavy (non-hydrogen) atoms. The number of hydrogen-bond donors (Lipinski definition) is 2. The molecule has 0 saturated carbocycles. The van der Waals surface area contributed by atoms with Crippen molar-refractivity contribution in [2.24, 2.45) is 0 Å². The van der Waals surface area contributed by atoms with Crippen molar-refractivity contribution in [2.75, 3.05) is 24.2 Å². The molecule has 0 saturated heterocycles. The molecule has 2 N–H and O–H groups in total. The number of aromatic nitrogens is 3. The minimum absolute atomic E-state index is 0.0107. The first-order chi connectivity index (χ1) is 9.96. The van der Waals surface area contributed by atoms with Gasteiger partial charge >= 0.3 is 0 Å². The Labute approximate surface area is 122 Å². The summed E-state index contributed by atoms with van der Waals surface area (Å²) in [6.07, 6.45) is 1.50. The molecule has 2 rings (SSSR count). The molecule has 2 aromatic rings. The molecule has 0 spiro atoms. The molecule has 0 bridgehead atoms. The third-order valence-electron chi connectivity index (χ3n) is 2.56. The largest absolute Gasteiger partial charge is 0.481 e. The van der Waals surface area contributed by atoms with Crippen LogP contribution in [0, 0.1) is 6.92 Å². The van der Waals surface area contributed by atoms with Crippen LogP contribution in [0.3, 0.4) is 0 Å². The minimum Gasteiger partial charge on any atom is -0.481 e. The third kappa shape index (κ3) is 3.37. The highest BCUT2D eigenvalue weighted by atomic mass is 32.2. The number of aryl methyl sites for hydroxylation is 1. The Morgan fingerprint density at radius 3 is 2.71 bits per heavy atom. The highest BCUT2D eigenvalue weighted by molar-refractivity contribution is 7.92. The van der Waals surface area contributed by atoms with Crippen LogP contribution in [0.5, 0.6) is 5.88 Å². The van der Waals surface area contributed by atoms with Crippen molar-refractivity contribution in [1.82, 2.24) is 15.0 Å². The van der Waals surface area contributed by atoms with Crippen LogP contribution in [0.1, 0.15) is 5.69 Å². The van der Waals surface area contributed by atoms with E-state index in [1.165, 1.54) is 25.4 Å². The van der Waals surface area contributed by atoms with Gasteiger partial charge < -0.3 is 10.1 Å². The van der Waals surface area contributed by atoms with Crippen LogP contribution in [0.25, 0.3) is 0 Å². The van der Waals surface area contributed by atoms with Crippen molar-refractivity contribution in [2.45, 2.75) is 11.8 Å². The first-order valence-corrected chi connectivity index (χ1v) is 7.50. The summed E-state index contributed by atoms with van der Waals surface area (Å²) in [7, 11) is -0.818. The number of nitrogens with one attached hydrogen (secondary N) is 2. The molecule has 9 heteroatoms. The van der Waals surface area contributed by atoms with Gasteiger partial charge in [-0.05, 0) is 19.1 Å². The highest BCUT2D eigenvalue weighted by Crippen LogP contribution is 2.20. The zero-order valence-corrected chi connectivity index (χ0v) is 12.6. The maximum atomic E-state index is 12.4. The Morgan fingerprint density at radius 1 is 1.29 bits per heavy atom. The molecule has 0 aliphatic rings. The van der Waals surface area contributed by atoms with Crippen LogP contribution in [0.15, 0.2) is 29.3 Å². The highest BCUT2D eigenvalue weighted by Gasteiger charge is 2.20. The number of hydrogen-bond acceptors (Lipinski definition) is 7. The fourth-order valence-corrected chi connectivity index (χ4v) is 2.77. The van der Waals surface area contributed by atoms with Gasteiger partial charge in [-0.25, -0.2) is 23.1 Å². The summed E-state index contributed by atoms with van der Waals surface area (Å²) in [5, 5.41) is 2.73. The molecule has 2 aromatic heterocycles. The second-order valence-electron chi connectivity index (χ2n) is 4.08. The molecular formula is C12H15N5O3S. The average molecular weight is 309 g/mol. The van der Waals surface area contributed by atoms with Gasteiger partial charge in [-0.2, -0.15) is 4.98 Å². The maximum Gasteiger partial charge on any atom is 0.267 e. The lowest BCUT2D eigenvalue weighted by Gasteiger charge is -2.11. The molecule has 0 aromatic carbocycles. The fraction of sp³-hybridized carbons (Fsp3) is 0.250. The van der Waals surface area contributed by atoms with Gasteiger partial charge in [0.15, 0.2) is 0 Å². The van der Waals surface area contributed by atoms with E-state index in [1.807, 2.05) is 0 Å². The summed E-state index contributed by atoms with van der Waals surface area (Å²) in [5.74, 6) is 0.461. The van der Waals surface area contributed by atoms with Gasteiger partial charge in [0.1, 0.15) is 10.7 Å². The predicted molar refractivity (Wildman–Crippen MR) is 77.9 cm³/mol. The van der Waals surface area contributed by atoms with E-state index in [4.69, 9.17) is 4.74 Å². The van der Waals surface area contributed by atoms with Crippen molar-refractivity contribution in [3.8, 4) is 5.88 Å². The molecule has 0 unspecified atom stereocenters. The number of rotatable bonds is 5. The second-order valence-corrected chi connectivity index (χ2v) is 5.73. The molecule has 0 fully saturated rings. The number of pyridine rings is 1. The third-order valence-corrected chi connectivity index (χ3v) is 3.92. The van der Waals surface area contributed by atoms with E-state index in [9.17, 15) is 8.42 Å². The summed E-state index contributed by atoms with van der Waals surface area (Å²) >= 11 is 0. The van der Waals surface area contributed by atoms with Crippen LogP contribution in [0.4, 0.5) is 11.8 Å². The molecule has 0 aliphatic heterocycles. The van der Waals surface area contributed by atoms with E-state index in [0.29, 0.717) is 5.69 Å². The van der Waals surface area contributed by atoms with Gasteiger partial charge in [0.2, 0.25) is 11.8 Å². The van der Waals surface area contributed by atoms with Crippen molar-refractivity contribution < 1.29 is 13.2 Å². The van der Waals surface area contributed by atoms with Crippen LogP contribution in [0.2, 0.25) is 0 Å². The SMILES string of the molecule is CNc1ncccc1S(=O)(=O)Nc1nc(C)cc(OC)n1. The Bertz CT molecular complexity index is 748. The van der Waals surface area contributed by atoms with Crippen LogP contribution in [-0.2, 0) is 10.0 Å². The van der Waals surface area contributed by atoms with Gasteiger partial charge in [0.05, 0.1) is 7.11 Å². The van der Waals surface area contributed by atoms with E-state index < -0.39 is 10.0 Å². The van der Waals surface area contributed by atoms with Gasteiger partial charge in [-0.15, -0.1) is 0 Å². The smallest absolute Gasteiger partial charge is 0.267 e. The topological polar surface area (TPSA) is 106 Å². The van der Waals surface area contributed by atoms with Gasteiger partial charge in [0.25, 0.3) is 10.0 Å². The number of methoxy groups -OCH3 is 1.